The molecule has 0 unspecified atom stereocenters. The van der Waals surface area contributed by atoms with Gasteiger partial charge in [-0.25, -0.2) is 12.8 Å². The maximum absolute atomic E-state index is 14.0. The van der Waals surface area contributed by atoms with Crippen LogP contribution in [0.15, 0.2) is 83.8 Å². The zero-order valence-electron chi connectivity index (χ0n) is 22.4. The number of anilines is 1. The summed E-state index contributed by atoms with van der Waals surface area (Å²) in [5.41, 5.74) is 0.442. The monoisotopic (exact) mass is 573 g/mol. The van der Waals surface area contributed by atoms with Gasteiger partial charge in [-0.2, -0.15) is 0 Å². The summed E-state index contributed by atoms with van der Waals surface area (Å²) in [6, 6.07) is 18.6. The molecule has 0 saturated carbocycles. The van der Waals surface area contributed by atoms with Gasteiger partial charge in [0.05, 0.1) is 10.6 Å². The molecule has 39 heavy (non-hydrogen) atoms. The van der Waals surface area contributed by atoms with Crippen molar-refractivity contribution in [2.24, 2.45) is 0 Å². The zero-order chi connectivity index (χ0) is 28.8. The summed E-state index contributed by atoms with van der Waals surface area (Å²) in [7, 11) is -4.26. The van der Waals surface area contributed by atoms with Gasteiger partial charge in [0.1, 0.15) is 18.4 Å². The van der Waals surface area contributed by atoms with Crippen molar-refractivity contribution in [1.29, 1.82) is 0 Å². The van der Waals surface area contributed by atoms with E-state index in [0.717, 1.165) is 34.1 Å². The Morgan fingerprint density at radius 3 is 2.08 bits per heavy atom. The summed E-state index contributed by atoms with van der Waals surface area (Å²) >= 11 is 6.04. The van der Waals surface area contributed by atoms with E-state index >= 15 is 0 Å². The number of para-hydroxylation sites is 1. The van der Waals surface area contributed by atoms with E-state index in [9.17, 15) is 22.4 Å². The fraction of sp³-hybridized carbons (Fsp3) is 0.310. The lowest BCUT2D eigenvalue weighted by molar-refractivity contribution is -0.141. The van der Waals surface area contributed by atoms with Crippen LogP contribution in [0.25, 0.3) is 0 Å². The molecule has 1 atom stereocenters. The Bertz CT molecular complexity index is 1380. The Labute approximate surface area is 234 Å². The van der Waals surface area contributed by atoms with Gasteiger partial charge in [0.25, 0.3) is 10.0 Å². The molecule has 0 aromatic heterocycles. The number of nitrogens with one attached hydrogen (secondary N) is 1. The molecular formula is C29H33ClFN3O4S. The van der Waals surface area contributed by atoms with Crippen molar-refractivity contribution in [3.63, 3.8) is 0 Å². The molecule has 1 N–H and O–H groups in total. The Morgan fingerprint density at radius 2 is 1.54 bits per heavy atom. The van der Waals surface area contributed by atoms with Crippen molar-refractivity contribution in [3.8, 4) is 0 Å². The minimum Gasteiger partial charge on any atom is -0.350 e. The van der Waals surface area contributed by atoms with Gasteiger partial charge in [0.2, 0.25) is 11.8 Å². The van der Waals surface area contributed by atoms with Crippen LogP contribution in [0, 0.1) is 5.82 Å². The highest BCUT2D eigenvalue weighted by atomic mass is 35.5. The van der Waals surface area contributed by atoms with E-state index in [1.807, 2.05) is 20.8 Å². The van der Waals surface area contributed by atoms with Crippen molar-refractivity contribution in [2.45, 2.75) is 57.1 Å². The number of sulfonamides is 1. The first-order chi connectivity index (χ1) is 18.3. The lowest BCUT2D eigenvalue weighted by Crippen LogP contribution is -2.55. The number of carbonyl (C=O) groups is 2. The van der Waals surface area contributed by atoms with Gasteiger partial charge < -0.3 is 10.2 Å². The largest absolute Gasteiger partial charge is 0.350 e. The predicted molar refractivity (Wildman–Crippen MR) is 151 cm³/mol. The molecule has 0 aliphatic heterocycles. The van der Waals surface area contributed by atoms with Crippen LogP contribution in [-0.2, 0) is 26.2 Å². The van der Waals surface area contributed by atoms with Gasteiger partial charge in [-0.1, -0.05) is 48.9 Å². The van der Waals surface area contributed by atoms with E-state index in [0.29, 0.717) is 11.4 Å². The maximum Gasteiger partial charge on any atom is 0.264 e. The second-order valence-electron chi connectivity index (χ2n) is 10.1. The average Bonchev–Trinajstić information content (AvgIpc) is 2.87. The second-order valence-corrected chi connectivity index (χ2v) is 12.4. The predicted octanol–water partition coefficient (Wildman–Crippen LogP) is 5.40. The fourth-order valence-corrected chi connectivity index (χ4v) is 5.56. The molecule has 0 spiro atoms. The van der Waals surface area contributed by atoms with Crippen LogP contribution in [0.3, 0.4) is 0 Å². The van der Waals surface area contributed by atoms with Crippen molar-refractivity contribution in [2.75, 3.05) is 10.8 Å². The molecule has 0 radical (unpaired) electrons. The third-order valence-corrected chi connectivity index (χ3v) is 7.92. The maximum atomic E-state index is 14.0. The van der Waals surface area contributed by atoms with Gasteiger partial charge in [-0.15, -0.1) is 0 Å². The molecule has 3 aromatic carbocycles. The molecule has 0 fully saturated rings. The summed E-state index contributed by atoms with van der Waals surface area (Å²) in [5, 5.41) is 3.45. The first-order valence-electron chi connectivity index (χ1n) is 12.5. The number of benzene rings is 3. The zero-order valence-corrected chi connectivity index (χ0v) is 24.0. The molecule has 3 rings (SSSR count). The molecule has 208 valence electrons. The molecule has 7 nitrogen and oxygen atoms in total. The third-order valence-electron chi connectivity index (χ3n) is 5.87. The fourth-order valence-electron chi connectivity index (χ4n) is 4.02. The van der Waals surface area contributed by atoms with Crippen molar-refractivity contribution < 1.29 is 22.4 Å². The van der Waals surface area contributed by atoms with Crippen LogP contribution in [0.4, 0.5) is 10.1 Å². The summed E-state index contributed by atoms with van der Waals surface area (Å²) in [6.07, 6.45) is 0.303. The third kappa shape index (κ3) is 8.03. The Morgan fingerprint density at radius 1 is 0.949 bits per heavy atom. The molecule has 0 aliphatic carbocycles. The van der Waals surface area contributed by atoms with Crippen molar-refractivity contribution >= 4 is 39.1 Å². The van der Waals surface area contributed by atoms with Gasteiger partial charge in [0, 0.05) is 17.1 Å². The molecule has 0 aliphatic rings. The SMILES string of the molecule is CC[C@@H](C(=O)NC(C)(C)C)N(Cc1ccc(Cl)cc1)C(=O)CN(c1ccccc1)S(=O)(=O)c1ccc(F)cc1. The molecule has 0 saturated heterocycles. The topological polar surface area (TPSA) is 86.8 Å². The number of halogens is 2. The van der Waals surface area contributed by atoms with Crippen LogP contribution < -0.4 is 9.62 Å². The first-order valence-corrected chi connectivity index (χ1v) is 14.3. The van der Waals surface area contributed by atoms with E-state index in [1.165, 1.54) is 4.90 Å². The Balaban J connectivity index is 2.04. The van der Waals surface area contributed by atoms with E-state index < -0.39 is 39.9 Å². The highest BCUT2D eigenvalue weighted by molar-refractivity contribution is 7.92. The first kappa shape index (κ1) is 30.1. The van der Waals surface area contributed by atoms with Gasteiger partial charge >= 0.3 is 0 Å². The highest BCUT2D eigenvalue weighted by Crippen LogP contribution is 2.25. The minimum absolute atomic E-state index is 0.0608. The standard InChI is InChI=1S/C29H33ClFN3O4S/c1-5-26(28(36)32-29(2,3)4)33(19-21-11-13-22(30)14-12-21)27(35)20-34(24-9-7-6-8-10-24)39(37,38)25-17-15-23(31)16-18-25/h6-18,26H,5,19-20H2,1-4H3,(H,32,36)/t26-/m0/s1. The van der Waals surface area contributed by atoms with Crippen LogP contribution in [0.2, 0.25) is 5.02 Å². The molecule has 0 bridgehead atoms. The molecule has 2 amide bonds. The lowest BCUT2D eigenvalue weighted by Gasteiger charge is -2.34. The summed E-state index contributed by atoms with van der Waals surface area (Å²) < 4.78 is 41.9. The number of hydrogen-bond acceptors (Lipinski definition) is 4. The van der Waals surface area contributed by atoms with Crippen LogP contribution >= 0.6 is 11.6 Å². The van der Waals surface area contributed by atoms with E-state index in [2.05, 4.69) is 5.32 Å². The van der Waals surface area contributed by atoms with E-state index in [1.54, 1.807) is 61.5 Å². The number of carbonyl (C=O) groups excluding carboxylic acids is 2. The molecular weight excluding hydrogens is 541 g/mol. The van der Waals surface area contributed by atoms with E-state index in [-0.39, 0.29) is 23.0 Å². The summed E-state index contributed by atoms with van der Waals surface area (Å²) in [4.78, 5) is 28.5. The van der Waals surface area contributed by atoms with Crippen molar-refractivity contribution in [3.05, 3.63) is 95.3 Å². The second kappa shape index (κ2) is 12.6. The minimum atomic E-state index is -4.26. The number of nitrogens with zero attached hydrogens (tertiary/aromatic N) is 2. The van der Waals surface area contributed by atoms with Gasteiger partial charge in [-0.05, 0) is 81.3 Å². The number of hydrogen-bond donors (Lipinski definition) is 1. The van der Waals surface area contributed by atoms with Gasteiger partial charge in [0.15, 0.2) is 0 Å². The smallest absolute Gasteiger partial charge is 0.264 e. The normalized spacial score (nSPS) is 12.5. The van der Waals surface area contributed by atoms with Crippen molar-refractivity contribution in [1.82, 2.24) is 10.2 Å². The molecule has 3 aromatic rings. The quantitative estimate of drug-likeness (QED) is 0.352. The van der Waals surface area contributed by atoms with Crippen LogP contribution in [-0.4, -0.2) is 43.3 Å². The van der Waals surface area contributed by atoms with E-state index in [4.69, 9.17) is 11.6 Å². The highest BCUT2D eigenvalue weighted by Gasteiger charge is 2.34. The Hall–Kier alpha value is -3.43. The lowest BCUT2D eigenvalue weighted by atomic mass is 10.1. The molecule has 10 heteroatoms. The van der Waals surface area contributed by atoms with Gasteiger partial charge in [-0.3, -0.25) is 13.9 Å². The molecule has 0 heterocycles. The average molecular weight is 574 g/mol. The van der Waals surface area contributed by atoms with Crippen LogP contribution in [0.1, 0.15) is 39.7 Å². The summed E-state index contributed by atoms with van der Waals surface area (Å²) in [5.74, 6) is -1.50. The van der Waals surface area contributed by atoms with Crippen LogP contribution in [0.5, 0.6) is 0 Å². The number of rotatable bonds is 10. The Kier molecular flexibility index (Phi) is 9.74. The summed E-state index contributed by atoms with van der Waals surface area (Å²) in [6.45, 7) is 6.81. The number of amides is 2.